The van der Waals surface area contributed by atoms with Crippen LogP contribution < -0.4 is 0 Å². The quantitative estimate of drug-likeness (QED) is 0.771. The van der Waals surface area contributed by atoms with E-state index in [4.69, 9.17) is 5.11 Å². The van der Waals surface area contributed by atoms with Crippen molar-refractivity contribution in [2.75, 3.05) is 0 Å². The van der Waals surface area contributed by atoms with E-state index in [0.717, 1.165) is 30.4 Å². The lowest BCUT2D eigenvalue weighted by molar-refractivity contribution is -0.145. The first-order valence-corrected chi connectivity index (χ1v) is 6.11. The molecule has 0 saturated carbocycles. The first-order chi connectivity index (χ1) is 8.50. The van der Waals surface area contributed by atoms with Crippen molar-refractivity contribution in [3.05, 3.63) is 11.4 Å². The average molecular weight is 265 g/mol. The standard InChI is InChI=1S/C11H18F3N3O/c1-2-3-4-5-6-7-17-10(11(12,13)14)9(8-18)15-16-17/h18H,2-8H2,1H3. The highest BCUT2D eigenvalue weighted by Gasteiger charge is 2.38. The third-order valence-corrected chi connectivity index (χ3v) is 2.70. The van der Waals surface area contributed by atoms with Gasteiger partial charge in [0, 0.05) is 6.54 Å². The van der Waals surface area contributed by atoms with Crippen LogP contribution in [0.2, 0.25) is 0 Å². The van der Waals surface area contributed by atoms with Crippen molar-refractivity contribution in [2.24, 2.45) is 0 Å². The normalized spacial score (nSPS) is 12.1. The predicted octanol–water partition coefficient (Wildman–Crippen LogP) is 2.76. The van der Waals surface area contributed by atoms with Gasteiger partial charge in [0.15, 0.2) is 5.69 Å². The van der Waals surface area contributed by atoms with Crippen molar-refractivity contribution in [3.63, 3.8) is 0 Å². The van der Waals surface area contributed by atoms with Crippen LogP contribution in [0.5, 0.6) is 0 Å². The molecule has 0 aliphatic rings. The van der Waals surface area contributed by atoms with Crippen LogP contribution in [0.15, 0.2) is 0 Å². The lowest BCUT2D eigenvalue weighted by Gasteiger charge is -2.10. The van der Waals surface area contributed by atoms with Gasteiger partial charge in [-0.05, 0) is 6.42 Å². The maximum atomic E-state index is 12.7. The molecule has 0 atom stereocenters. The third-order valence-electron chi connectivity index (χ3n) is 2.70. The molecule has 0 amide bonds. The number of unbranched alkanes of at least 4 members (excludes halogenated alkanes) is 4. The van der Waals surface area contributed by atoms with Crippen LogP contribution >= 0.6 is 0 Å². The Labute approximate surface area is 104 Å². The molecule has 4 nitrogen and oxygen atoms in total. The number of halogens is 3. The Morgan fingerprint density at radius 3 is 2.39 bits per heavy atom. The number of hydrogen-bond donors (Lipinski definition) is 1. The lowest BCUT2D eigenvalue weighted by atomic mass is 10.1. The summed E-state index contributed by atoms with van der Waals surface area (Å²) >= 11 is 0. The van der Waals surface area contributed by atoms with Crippen molar-refractivity contribution >= 4 is 0 Å². The second-order valence-corrected chi connectivity index (χ2v) is 4.18. The fraction of sp³-hybridized carbons (Fsp3) is 0.818. The number of aliphatic hydroxyl groups excluding tert-OH is 1. The van der Waals surface area contributed by atoms with Crippen LogP contribution in [0.25, 0.3) is 0 Å². The molecule has 0 radical (unpaired) electrons. The molecule has 1 aromatic heterocycles. The highest BCUT2D eigenvalue weighted by molar-refractivity contribution is 5.12. The van der Waals surface area contributed by atoms with Crippen LogP contribution in [0.4, 0.5) is 13.2 Å². The second kappa shape index (κ2) is 6.72. The Morgan fingerprint density at radius 1 is 1.17 bits per heavy atom. The summed E-state index contributed by atoms with van der Waals surface area (Å²) in [7, 11) is 0. The first kappa shape index (κ1) is 14.9. The van der Waals surface area contributed by atoms with Gasteiger partial charge >= 0.3 is 6.18 Å². The number of hydrogen-bond acceptors (Lipinski definition) is 3. The molecule has 0 fully saturated rings. The molecule has 0 unspecified atom stereocenters. The first-order valence-electron chi connectivity index (χ1n) is 6.11. The molecule has 7 heteroatoms. The number of aromatic nitrogens is 3. The SMILES string of the molecule is CCCCCCCn1nnc(CO)c1C(F)(F)F. The van der Waals surface area contributed by atoms with Gasteiger partial charge in [-0.25, -0.2) is 4.68 Å². The van der Waals surface area contributed by atoms with Crippen molar-refractivity contribution in [1.82, 2.24) is 15.0 Å². The Morgan fingerprint density at radius 2 is 1.83 bits per heavy atom. The van der Waals surface area contributed by atoms with Crippen molar-refractivity contribution < 1.29 is 18.3 Å². The van der Waals surface area contributed by atoms with E-state index in [1.165, 1.54) is 0 Å². The molecule has 1 N–H and O–H groups in total. The van der Waals surface area contributed by atoms with Crippen LogP contribution in [0, 0.1) is 0 Å². The van der Waals surface area contributed by atoms with Crippen LogP contribution in [0.1, 0.15) is 50.4 Å². The molecular weight excluding hydrogens is 247 g/mol. The second-order valence-electron chi connectivity index (χ2n) is 4.18. The average Bonchev–Trinajstić information content (AvgIpc) is 2.71. The minimum Gasteiger partial charge on any atom is -0.390 e. The van der Waals surface area contributed by atoms with Gasteiger partial charge in [0.2, 0.25) is 0 Å². The molecule has 0 spiro atoms. The van der Waals surface area contributed by atoms with Gasteiger partial charge in [0.25, 0.3) is 0 Å². The van der Waals surface area contributed by atoms with E-state index < -0.39 is 24.2 Å². The fourth-order valence-electron chi connectivity index (χ4n) is 1.79. The Hall–Kier alpha value is -1.11. The van der Waals surface area contributed by atoms with Gasteiger partial charge in [-0.1, -0.05) is 37.8 Å². The van der Waals surface area contributed by atoms with Gasteiger partial charge in [-0.15, -0.1) is 5.10 Å². The fourth-order valence-corrected chi connectivity index (χ4v) is 1.79. The van der Waals surface area contributed by atoms with Crippen molar-refractivity contribution in [1.29, 1.82) is 0 Å². The summed E-state index contributed by atoms with van der Waals surface area (Å²) in [6.07, 6.45) is 0.179. The Bertz CT molecular complexity index is 363. The van der Waals surface area contributed by atoms with E-state index in [1.807, 2.05) is 0 Å². The Kier molecular flexibility index (Phi) is 5.58. The lowest BCUT2D eigenvalue weighted by Crippen LogP contribution is -2.17. The minimum absolute atomic E-state index is 0.186. The number of aryl methyl sites for hydroxylation is 1. The summed E-state index contributed by atoms with van der Waals surface area (Å²) in [5.41, 5.74) is -1.34. The molecule has 1 rings (SSSR count). The van der Waals surface area contributed by atoms with Gasteiger partial charge in [-0.3, -0.25) is 0 Å². The summed E-state index contributed by atoms with van der Waals surface area (Å²) in [5, 5.41) is 15.6. The summed E-state index contributed by atoms with van der Waals surface area (Å²) in [5.74, 6) is 0. The van der Waals surface area contributed by atoms with Gasteiger partial charge in [-0.2, -0.15) is 13.2 Å². The van der Waals surface area contributed by atoms with Gasteiger partial charge < -0.3 is 5.11 Å². The number of alkyl halides is 3. The third kappa shape index (κ3) is 3.97. The molecule has 0 bridgehead atoms. The summed E-state index contributed by atoms with van der Waals surface area (Å²) < 4.78 is 39.1. The molecule has 0 saturated heterocycles. The van der Waals surface area contributed by atoms with Crippen LogP contribution in [0.3, 0.4) is 0 Å². The Balaban J connectivity index is 2.63. The molecule has 0 aliphatic carbocycles. The van der Waals surface area contributed by atoms with E-state index in [9.17, 15) is 13.2 Å². The zero-order valence-corrected chi connectivity index (χ0v) is 10.4. The summed E-state index contributed by atoms with van der Waals surface area (Å²) in [6, 6.07) is 0. The monoisotopic (exact) mass is 265 g/mol. The van der Waals surface area contributed by atoms with E-state index in [2.05, 4.69) is 17.2 Å². The van der Waals surface area contributed by atoms with Gasteiger partial charge in [0.05, 0.1) is 6.61 Å². The molecular formula is C11H18F3N3O. The van der Waals surface area contributed by atoms with Crippen LogP contribution in [-0.4, -0.2) is 20.1 Å². The largest absolute Gasteiger partial charge is 0.435 e. The summed E-state index contributed by atoms with van der Waals surface area (Å²) in [4.78, 5) is 0. The van der Waals surface area contributed by atoms with Gasteiger partial charge in [0.1, 0.15) is 5.69 Å². The smallest absolute Gasteiger partial charge is 0.390 e. The van der Waals surface area contributed by atoms with E-state index >= 15 is 0 Å². The van der Waals surface area contributed by atoms with Crippen molar-refractivity contribution in [2.45, 2.75) is 58.4 Å². The highest BCUT2D eigenvalue weighted by Crippen LogP contribution is 2.31. The molecule has 1 aromatic rings. The van der Waals surface area contributed by atoms with E-state index in [-0.39, 0.29) is 6.54 Å². The number of aliphatic hydroxyl groups is 1. The van der Waals surface area contributed by atoms with E-state index in [1.54, 1.807) is 0 Å². The maximum absolute atomic E-state index is 12.7. The molecule has 0 aliphatic heterocycles. The number of nitrogens with zero attached hydrogens (tertiary/aromatic N) is 3. The zero-order chi connectivity index (χ0) is 13.6. The summed E-state index contributed by atoms with van der Waals surface area (Å²) in [6.45, 7) is 1.52. The maximum Gasteiger partial charge on any atom is 0.435 e. The zero-order valence-electron chi connectivity index (χ0n) is 10.4. The molecule has 1 heterocycles. The molecule has 0 aromatic carbocycles. The topological polar surface area (TPSA) is 50.9 Å². The predicted molar refractivity (Wildman–Crippen MR) is 59.7 cm³/mol. The van der Waals surface area contributed by atoms with Crippen molar-refractivity contribution in [3.8, 4) is 0 Å². The molecule has 18 heavy (non-hydrogen) atoms. The minimum atomic E-state index is -4.52. The molecule has 104 valence electrons. The highest BCUT2D eigenvalue weighted by atomic mass is 19.4. The van der Waals surface area contributed by atoms with Crippen LogP contribution in [-0.2, 0) is 19.3 Å². The van der Waals surface area contributed by atoms with E-state index in [0.29, 0.717) is 6.42 Å². The number of rotatable bonds is 7.